The number of carbonyl (C=O) groups excluding carboxylic acids is 3. The standard InChI is InChI=1S/C28H37ClN6O6/c1-34-10-7-19(8-11-34)41-25(37)13-17-3-5-18(6-4-17)31-24(36)16-35-12-9-22(23(15-35)40-2)32-27(38)20-14-21(29)26(30)33-28(20)39/h3-6,14,19,22-23H,7-13,15-16H2,1-2H3,(H,31,36)(H,32,38)(H3,30,33,39)/t22-,23+/m1/s1. The molecule has 12 nitrogen and oxygen atoms in total. The normalized spacial score (nSPS) is 20.4. The quantitative estimate of drug-likeness (QED) is 0.316. The van der Waals surface area contributed by atoms with Crippen molar-refractivity contribution in [2.24, 2.45) is 0 Å². The molecule has 41 heavy (non-hydrogen) atoms. The lowest BCUT2D eigenvalue weighted by Crippen LogP contribution is -2.56. The van der Waals surface area contributed by atoms with E-state index in [1.165, 1.54) is 13.2 Å². The molecular formula is C28H37ClN6O6. The van der Waals surface area contributed by atoms with Crippen LogP contribution in [0.25, 0.3) is 0 Å². The number of pyridine rings is 1. The molecule has 2 aromatic rings. The van der Waals surface area contributed by atoms with Crippen LogP contribution in [0.15, 0.2) is 35.1 Å². The number of rotatable bonds is 9. The van der Waals surface area contributed by atoms with Gasteiger partial charge in [-0.1, -0.05) is 23.7 Å². The molecule has 1 aromatic heterocycles. The smallest absolute Gasteiger partial charge is 0.310 e. The number of aromatic nitrogens is 1. The largest absolute Gasteiger partial charge is 0.462 e. The summed E-state index contributed by atoms with van der Waals surface area (Å²) in [4.78, 5) is 56.4. The molecule has 0 unspecified atom stereocenters. The molecule has 2 saturated heterocycles. The molecular weight excluding hydrogens is 552 g/mol. The summed E-state index contributed by atoms with van der Waals surface area (Å²) in [5, 5.41) is 5.80. The summed E-state index contributed by atoms with van der Waals surface area (Å²) in [7, 11) is 3.59. The Bertz CT molecular complexity index is 1290. The van der Waals surface area contributed by atoms with E-state index >= 15 is 0 Å². The molecule has 222 valence electrons. The first kappa shape index (κ1) is 30.5. The monoisotopic (exact) mass is 588 g/mol. The van der Waals surface area contributed by atoms with E-state index in [2.05, 4.69) is 27.6 Å². The summed E-state index contributed by atoms with van der Waals surface area (Å²) in [5.41, 5.74) is 6.25. The third-order valence-electron chi connectivity index (χ3n) is 7.45. The molecule has 0 radical (unpaired) electrons. The Morgan fingerprint density at radius 3 is 2.51 bits per heavy atom. The second-order valence-electron chi connectivity index (χ2n) is 10.6. The Morgan fingerprint density at radius 1 is 1.12 bits per heavy atom. The first-order chi connectivity index (χ1) is 19.6. The lowest BCUT2D eigenvalue weighted by atomic mass is 10.0. The number of hydrogen-bond donors (Lipinski definition) is 4. The highest BCUT2D eigenvalue weighted by molar-refractivity contribution is 6.33. The Kier molecular flexibility index (Phi) is 10.4. The molecule has 2 amide bonds. The number of halogens is 1. The van der Waals surface area contributed by atoms with E-state index in [9.17, 15) is 19.2 Å². The van der Waals surface area contributed by atoms with Crippen LogP contribution in [-0.4, -0.2) is 97.7 Å². The van der Waals surface area contributed by atoms with Gasteiger partial charge in [0.1, 0.15) is 17.5 Å². The molecule has 2 fully saturated rings. The summed E-state index contributed by atoms with van der Waals surface area (Å²) in [5.74, 6) is -1.02. The predicted octanol–water partition coefficient (Wildman–Crippen LogP) is 1.25. The number of benzene rings is 1. The van der Waals surface area contributed by atoms with Gasteiger partial charge in [0.25, 0.3) is 11.5 Å². The van der Waals surface area contributed by atoms with Gasteiger partial charge < -0.3 is 35.7 Å². The van der Waals surface area contributed by atoms with E-state index < -0.39 is 17.6 Å². The van der Waals surface area contributed by atoms with E-state index in [1.807, 2.05) is 4.90 Å². The van der Waals surface area contributed by atoms with Crippen molar-refractivity contribution in [3.05, 3.63) is 56.8 Å². The number of likely N-dealkylation sites (tertiary alicyclic amines) is 2. The van der Waals surface area contributed by atoms with Gasteiger partial charge in [-0.3, -0.25) is 24.1 Å². The average molecular weight is 589 g/mol. The van der Waals surface area contributed by atoms with Crippen molar-refractivity contribution in [1.29, 1.82) is 0 Å². The molecule has 0 aliphatic carbocycles. The Balaban J connectivity index is 1.22. The van der Waals surface area contributed by atoms with Crippen molar-refractivity contribution in [3.63, 3.8) is 0 Å². The number of H-pyrrole nitrogens is 1. The van der Waals surface area contributed by atoms with Gasteiger partial charge in [-0.05, 0) is 50.1 Å². The number of ether oxygens (including phenoxy) is 2. The molecule has 1 aromatic carbocycles. The van der Waals surface area contributed by atoms with Gasteiger partial charge in [0.05, 0.1) is 30.1 Å². The summed E-state index contributed by atoms with van der Waals surface area (Å²) in [6.07, 6.45) is 1.99. The van der Waals surface area contributed by atoms with Crippen molar-refractivity contribution in [1.82, 2.24) is 20.1 Å². The molecule has 2 atom stereocenters. The van der Waals surface area contributed by atoms with Crippen LogP contribution in [0.1, 0.15) is 35.2 Å². The third-order valence-corrected chi connectivity index (χ3v) is 7.76. The van der Waals surface area contributed by atoms with Crippen molar-refractivity contribution in [2.75, 3.05) is 57.9 Å². The number of anilines is 2. The molecule has 2 aliphatic heterocycles. The highest BCUT2D eigenvalue weighted by atomic mass is 35.5. The Morgan fingerprint density at radius 2 is 1.83 bits per heavy atom. The maximum Gasteiger partial charge on any atom is 0.310 e. The van der Waals surface area contributed by atoms with Crippen LogP contribution in [0.4, 0.5) is 11.5 Å². The van der Waals surface area contributed by atoms with Gasteiger partial charge in [0.15, 0.2) is 0 Å². The zero-order valence-electron chi connectivity index (χ0n) is 23.3. The van der Waals surface area contributed by atoms with Crippen LogP contribution in [0.3, 0.4) is 0 Å². The predicted molar refractivity (Wildman–Crippen MR) is 155 cm³/mol. The van der Waals surface area contributed by atoms with Crippen LogP contribution in [0, 0.1) is 0 Å². The number of nitrogens with one attached hydrogen (secondary N) is 3. The van der Waals surface area contributed by atoms with Crippen LogP contribution < -0.4 is 21.9 Å². The number of hydrogen-bond acceptors (Lipinski definition) is 9. The van der Waals surface area contributed by atoms with E-state index in [-0.39, 0.29) is 53.4 Å². The minimum absolute atomic E-state index is 0.00596. The summed E-state index contributed by atoms with van der Waals surface area (Å²) in [6.45, 7) is 2.94. The number of esters is 1. The van der Waals surface area contributed by atoms with Crippen LogP contribution in [0.5, 0.6) is 0 Å². The second-order valence-corrected chi connectivity index (χ2v) is 11.0. The maximum atomic E-state index is 12.7. The fourth-order valence-corrected chi connectivity index (χ4v) is 5.23. The van der Waals surface area contributed by atoms with Crippen LogP contribution in [0.2, 0.25) is 5.02 Å². The number of nitrogens with zero attached hydrogens (tertiary/aromatic N) is 2. The van der Waals surface area contributed by atoms with E-state index in [1.54, 1.807) is 24.3 Å². The summed E-state index contributed by atoms with van der Waals surface area (Å²) < 4.78 is 11.2. The van der Waals surface area contributed by atoms with Gasteiger partial charge in [0.2, 0.25) is 5.91 Å². The summed E-state index contributed by atoms with van der Waals surface area (Å²) in [6, 6.07) is 8.02. The minimum Gasteiger partial charge on any atom is -0.462 e. The van der Waals surface area contributed by atoms with E-state index in [0.29, 0.717) is 25.2 Å². The number of piperidine rings is 2. The zero-order chi connectivity index (χ0) is 29.5. The van der Waals surface area contributed by atoms with Gasteiger partial charge in [0, 0.05) is 39.0 Å². The molecule has 0 bridgehead atoms. The van der Waals surface area contributed by atoms with Gasteiger partial charge in [-0.25, -0.2) is 0 Å². The SMILES string of the molecule is CO[C@H]1CN(CC(=O)Nc2ccc(CC(=O)OC3CCN(C)CC3)cc2)CC[C@H]1NC(=O)c1cc(Cl)c(N)[nH]c1=O. The molecule has 5 N–H and O–H groups in total. The number of carbonyl (C=O) groups is 3. The molecule has 2 aliphatic rings. The molecule has 0 saturated carbocycles. The lowest BCUT2D eigenvalue weighted by molar-refractivity contribution is -0.150. The molecule has 0 spiro atoms. The number of aromatic amines is 1. The molecule has 4 rings (SSSR count). The van der Waals surface area contributed by atoms with Gasteiger partial charge in [-0.2, -0.15) is 0 Å². The first-order valence-corrected chi connectivity index (χ1v) is 14.0. The van der Waals surface area contributed by atoms with Gasteiger partial charge >= 0.3 is 5.97 Å². The molecule has 3 heterocycles. The highest BCUT2D eigenvalue weighted by Crippen LogP contribution is 2.18. The average Bonchev–Trinajstić information content (AvgIpc) is 2.93. The lowest BCUT2D eigenvalue weighted by Gasteiger charge is -2.37. The molecule has 13 heteroatoms. The van der Waals surface area contributed by atoms with Crippen LogP contribution >= 0.6 is 11.6 Å². The van der Waals surface area contributed by atoms with Gasteiger partial charge in [-0.15, -0.1) is 0 Å². The number of nitrogens with two attached hydrogens (primary N) is 1. The fourth-order valence-electron chi connectivity index (χ4n) is 5.07. The maximum absolute atomic E-state index is 12.7. The Hall–Kier alpha value is -3.45. The highest BCUT2D eigenvalue weighted by Gasteiger charge is 2.32. The third kappa shape index (κ3) is 8.52. The van der Waals surface area contributed by atoms with Crippen molar-refractivity contribution >= 4 is 40.9 Å². The number of amides is 2. The van der Waals surface area contributed by atoms with Crippen molar-refractivity contribution in [3.8, 4) is 0 Å². The summed E-state index contributed by atoms with van der Waals surface area (Å²) >= 11 is 5.95. The Labute approximate surface area is 243 Å². The number of nitrogen functional groups attached to an aromatic ring is 1. The second kappa shape index (κ2) is 13.9. The van der Waals surface area contributed by atoms with E-state index in [0.717, 1.165) is 31.5 Å². The van der Waals surface area contributed by atoms with Crippen molar-refractivity contribution < 1.29 is 23.9 Å². The first-order valence-electron chi connectivity index (χ1n) is 13.6. The van der Waals surface area contributed by atoms with E-state index in [4.69, 9.17) is 26.8 Å². The minimum atomic E-state index is -0.631. The van der Waals surface area contributed by atoms with Crippen molar-refractivity contribution in [2.45, 2.75) is 43.9 Å². The fraction of sp³-hybridized carbons (Fsp3) is 0.500. The zero-order valence-corrected chi connectivity index (χ0v) is 24.0. The van der Waals surface area contributed by atoms with Crippen LogP contribution in [-0.2, 0) is 25.5 Å². The number of methoxy groups -OCH3 is 1. The topological polar surface area (TPSA) is 159 Å².